The molecule has 26 heavy (non-hydrogen) atoms. The highest BCUT2D eigenvalue weighted by molar-refractivity contribution is 5.96. The number of carbonyl (C=O) groups is 2. The standard InChI is InChI=1S/C19H28N4O3/c1-26-13-7-20-14-18(24)22-11-9-21(10-12-22)15-19(25)23-8-6-16-4-2-3-5-17(16)23/h2-5,20H,6-15H2,1H3. The minimum absolute atomic E-state index is 0.112. The van der Waals surface area contributed by atoms with Crippen LogP contribution in [0, 0.1) is 0 Å². The first-order valence-electron chi connectivity index (χ1n) is 9.27. The summed E-state index contributed by atoms with van der Waals surface area (Å²) in [5, 5.41) is 3.08. The fourth-order valence-corrected chi connectivity index (χ4v) is 3.51. The minimum Gasteiger partial charge on any atom is -0.383 e. The minimum atomic E-state index is 0.112. The second kappa shape index (κ2) is 9.12. The quantitative estimate of drug-likeness (QED) is 0.691. The van der Waals surface area contributed by atoms with E-state index in [0.29, 0.717) is 39.3 Å². The fraction of sp³-hybridized carbons (Fsp3) is 0.579. The highest BCUT2D eigenvalue weighted by Crippen LogP contribution is 2.27. The number of nitrogens with zero attached hydrogens (tertiary/aromatic N) is 3. The molecular formula is C19H28N4O3. The number of rotatable bonds is 7. The van der Waals surface area contributed by atoms with Gasteiger partial charge in [0.2, 0.25) is 11.8 Å². The Morgan fingerprint density at radius 3 is 2.62 bits per heavy atom. The number of piperazine rings is 1. The Morgan fingerprint density at radius 1 is 1.08 bits per heavy atom. The molecule has 0 unspecified atom stereocenters. The number of fused-ring (bicyclic) bond motifs is 1. The molecule has 0 saturated carbocycles. The van der Waals surface area contributed by atoms with Crippen LogP contribution in [-0.4, -0.2) is 87.7 Å². The van der Waals surface area contributed by atoms with Crippen molar-refractivity contribution in [1.29, 1.82) is 0 Å². The summed E-state index contributed by atoms with van der Waals surface area (Å²) in [5.41, 5.74) is 2.30. The molecule has 142 valence electrons. The van der Waals surface area contributed by atoms with Crippen LogP contribution in [0.15, 0.2) is 24.3 Å². The number of ether oxygens (including phenoxy) is 1. The second-order valence-corrected chi connectivity index (χ2v) is 6.75. The third-order valence-electron chi connectivity index (χ3n) is 5.03. The Bertz CT molecular complexity index is 629. The van der Waals surface area contributed by atoms with Gasteiger partial charge in [0, 0.05) is 52.1 Å². The number of benzene rings is 1. The molecule has 0 bridgehead atoms. The van der Waals surface area contributed by atoms with Crippen molar-refractivity contribution in [2.75, 3.05) is 71.0 Å². The van der Waals surface area contributed by atoms with Crippen molar-refractivity contribution >= 4 is 17.5 Å². The van der Waals surface area contributed by atoms with Crippen molar-refractivity contribution in [3.63, 3.8) is 0 Å². The number of hydrogen-bond acceptors (Lipinski definition) is 5. The van der Waals surface area contributed by atoms with E-state index < -0.39 is 0 Å². The number of carbonyl (C=O) groups excluding carboxylic acids is 2. The van der Waals surface area contributed by atoms with Crippen LogP contribution in [0.3, 0.4) is 0 Å². The lowest BCUT2D eigenvalue weighted by Crippen LogP contribution is -2.53. The van der Waals surface area contributed by atoms with Crippen LogP contribution < -0.4 is 10.2 Å². The number of methoxy groups -OCH3 is 1. The molecule has 2 amide bonds. The van der Waals surface area contributed by atoms with Gasteiger partial charge in [0.15, 0.2) is 0 Å². The normalized spacial score (nSPS) is 17.4. The van der Waals surface area contributed by atoms with Crippen molar-refractivity contribution < 1.29 is 14.3 Å². The predicted molar refractivity (Wildman–Crippen MR) is 100 cm³/mol. The second-order valence-electron chi connectivity index (χ2n) is 6.75. The van der Waals surface area contributed by atoms with Gasteiger partial charge >= 0.3 is 0 Å². The molecule has 1 saturated heterocycles. The van der Waals surface area contributed by atoms with Gasteiger partial charge in [-0.15, -0.1) is 0 Å². The van der Waals surface area contributed by atoms with Gasteiger partial charge in [0.1, 0.15) is 0 Å². The zero-order valence-electron chi connectivity index (χ0n) is 15.4. The molecule has 2 aliphatic rings. The summed E-state index contributed by atoms with van der Waals surface area (Å²) >= 11 is 0. The van der Waals surface area contributed by atoms with E-state index in [1.807, 2.05) is 28.0 Å². The van der Waals surface area contributed by atoms with Crippen LogP contribution in [0.2, 0.25) is 0 Å². The molecule has 7 nitrogen and oxygen atoms in total. The first-order chi connectivity index (χ1) is 12.7. The van der Waals surface area contributed by atoms with Gasteiger partial charge in [-0.3, -0.25) is 14.5 Å². The molecule has 0 radical (unpaired) electrons. The molecule has 0 spiro atoms. The molecule has 1 fully saturated rings. The lowest BCUT2D eigenvalue weighted by atomic mass is 10.2. The average molecular weight is 360 g/mol. The van der Waals surface area contributed by atoms with Gasteiger partial charge in [-0.2, -0.15) is 0 Å². The van der Waals surface area contributed by atoms with Crippen molar-refractivity contribution in [1.82, 2.24) is 15.1 Å². The van der Waals surface area contributed by atoms with Crippen molar-refractivity contribution in [2.45, 2.75) is 6.42 Å². The molecule has 1 aromatic rings. The van der Waals surface area contributed by atoms with E-state index in [0.717, 1.165) is 31.7 Å². The van der Waals surface area contributed by atoms with E-state index in [2.05, 4.69) is 16.3 Å². The van der Waals surface area contributed by atoms with Crippen LogP contribution in [0.1, 0.15) is 5.56 Å². The maximum Gasteiger partial charge on any atom is 0.241 e. The van der Waals surface area contributed by atoms with Gasteiger partial charge in [-0.1, -0.05) is 18.2 Å². The number of hydrogen-bond donors (Lipinski definition) is 1. The van der Waals surface area contributed by atoms with Gasteiger partial charge in [0.05, 0.1) is 19.7 Å². The van der Waals surface area contributed by atoms with Crippen LogP contribution in [-0.2, 0) is 20.7 Å². The van der Waals surface area contributed by atoms with Crippen molar-refractivity contribution in [3.05, 3.63) is 29.8 Å². The molecular weight excluding hydrogens is 332 g/mol. The highest BCUT2D eigenvalue weighted by atomic mass is 16.5. The lowest BCUT2D eigenvalue weighted by Gasteiger charge is -2.35. The molecule has 3 rings (SSSR count). The van der Waals surface area contributed by atoms with E-state index in [9.17, 15) is 9.59 Å². The van der Waals surface area contributed by atoms with E-state index in [4.69, 9.17) is 4.74 Å². The number of anilines is 1. The maximum atomic E-state index is 12.7. The third kappa shape index (κ3) is 4.60. The first-order valence-corrected chi connectivity index (χ1v) is 9.27. The van der Waals surface area contributed by atoms with Gasteiger partial charge in [-0.25, -0.2) is 0 Å². The molecule has 0 atom stereocenters. The van der Waals surface area contributed by atoms with E-state index in [1.54, 1.807) is 7.11 Å². The summed E-state index contributed by atoms with van der Waals surface area (Å²) < 4.78 is 4.95. The Morgan fingerprint density at radius 2 is 1.85 bits per heavy atom. The average Bonchev–Trinajstić information content (AvgIpc) is 3.10. The fourth-order valence-electron chi connectivity index (χ4n) is 3.51. The zero-order valence-corrected chi connectivity index (χ0v) is 15.4. The van der Waals surface area contributed by atoms with E-state index >= 15 is 0 Å². The Balaban J connectivity index is 1.42. The summed E-state index contributed by atoms with van der Waals surface area (Å²) in [7, 11) is 1.64. The lowest BCUT2D eigenvalue weighted by molar-refractivity contribution is -0.132. The van der Waals surface area contributed by atoms with Crippen molar-refractivity contribution in [3.8, 4) is 0 Å². The first kappa shape index (κ1) is 18.8. The summed E-state index contributed by atoms with van der Waals surface area (Å²) in [6, 6.07) is 8.11. The van der Waals surface area contributed by atoms with Crippen LogP contribution in [0.4, 0.5) is 5.69 Å². The molecule has 1 aromatic carbocycles. The SMILES string of the molecule is COCCNCC(=O)N1CCN(CC(=O)N2CCc3ccccc32)CC1. The maximum absolute atomic E-state index is 12.7. The monoisotopic (exact) mass is 360 g/mol. The number of amides is 2. The third-order valence-corrected chi connectivity index (χ3v) is 5.03. The topological polar surface area (TPSA) is 65.1 Å². The number of nitrogens with one attached hydrogen (secondary N) is 1. The molecule has 2 aliphatic heterocycles. The summed E-state index contributed by atoms with van der Waals surface area (Å²) in [5.74, 6) is 0.261. The highest BCUT2D eigenvalue weighted by Gasteiger charge is 2.27. The number of para-hydroxylation sites is 1. The largest absolute Gasteiger partial charge is 0.383 e. The molecule has 2 heterocycles. The Labute approximate surface area is 154 Å². The molecule has 0 aliphatic carbocycles. The molecule has 7 heteroatoms. The summed E-state index contributed by atoms with van der Waals surface area (Å²) in [6.45, 7) is 5.63. The van der Waals surface area contributed by atoms with Crippen molar-refractivity contribution in [2.24, 2.45) is 0 Å². The van der Waals surface area contributed by atoms with Crippen LogP contribution >= 0.6 is 0 Å². The van der Waals surface area contributed by atoms with E-state index in [1.165, 1.54) is 5.56 Å². The van der Waals surface area contributed by atoms with Gasteiger partial charge < -0.3 is 19.9 Å². The predicted octanol–water partition coefficient (Wildman–Crippen LogP) is -0.0441. The zero-order chi connectivity index (χ0) is 18.4. The Kier molecular flexibility index (Phi) is 6.60. The summed E-state index contributed by atoms with van der Waals surface area (Å²) in [6.07, 6.45) is 0.931. The molecule has 1 N–H and O–H groups in total. The van der Waals surface area contributed by atoms with Crippen LogP contribution in [0.25, 0.3) is 0 Å². The van der Waals surface area contributed by atoms with E-state index in [-0.39, 0.29) is 11.8 Å². The van der Waals surface area contributed by atoms with Crippen LogP contribution in [0.5, 0.6) is 0 Å². The van der Waals surface area contributed by atoms with Gasteiger partial charge in [-0.05, 0) is 18.1 Å². The Hall–Kier alpha value is -1.96. The smallest absolute Gasteiger partial charge is 0.241 e. The van der Waals surface area contributed by atoms with Gasteiger partial charge in [0.25, 0.3) is 0 Å². The molecule has 0 aromatic heterocycles. The summed E-state index contributed by atoms with van der Waals surface area (Å²) in [4.78, 5) is 30.7.